The van der Waals surface area contributed by atoms with Crippen molar-refractivity contribution in [3.8, 4) is 5.75 Å². The van der Waals surface area contributed by atoms with Gasteiger partial charge in [-0.1, -0.05) is 111 Å². The minimum Gasteiger partial charge on any atom is -0.516 e. The Morgan fingerprint density at radius 1 is 0.911 bits per heavy atom. The molecule has 2 heterocycles. The Balaban J connectivity index is 0.000000672. The van der Waals surface area contributed by atoms with Gasteiger partial charge in [0.25, 0.3) is 0 Å². The Kier molecular flexibility index (Phi) is 19.8. The van der Waals surface area contributed by atoms with Crippen LogP contribution in [0.25, 0.3) is 10.9 Å². The number of aryl methyl sites for hydroxylation is 1. The number of hydrogen-bond acceptors (Lipinski definition) is 3. The van der Waals surface area contributed by atoms with Crippen molar-refractivity contribution in [1.82, 2.24) is 4.98 Å². The molecule has 0 radical (unpaired) electrons. The first kappa shape index (κ1) is 39.3. The second-order valence-corrected chi connectivity index (χ2v) is 10.8. The monoisotopic (exact) mass is 618 g/mol. The number of halogens is 1. The molecule has 0 fully saturated rings. The van der Waals surface area contributed by atoms with Crippen molar-refractivity contribution in [3.05, 3.63) is 108 Å². The number of unbranched alkanes of at least 4 members (excludes halogenated alkanes) is 3. The minimum absolute atomic E-state index is 0.00615. The first-order valence-corrected chi connectivity index (χ1v) is 17.0. The lowest BCUT2D eigenvalue weighted by Gasteiger charge is -2.38. The third-order valence-electron chi connectivity index (χ3n) is 7.38. The number of fused-ring (bicyclic) bond motifs is 3. The molecule has 4 nitrogen and oxygen atoms in total. The topological polar surface area (TPSA) is 48.5 Å². The maximum atomic E-state index is 13.6. The SMILES string of the molecule is C=CO.CC.CCCC.CCCC.CCCCOc1cccc(C2c3[nH]c4ccc(C)cc4c3CCN2c2ccc(F)cc2)c1. The van der Waals surface area contributed by atoms with E-state index in [0.717, 1.165) is 50.1 Å². The van der Waals surface area contributed by atoms with Gasteiger partial charge in [-0.05, 0) is 79.4 Å². The van der Waals surface area contributed by atoms with Crippen molar-refractivity contribution in [2.45, 2.75) is 106 Å². The molecule has 1 aromatic heterocycles. The van der Waals surface area contributed by atoms with Crippen LogP contribution in [-0.2, 0) is 6.42 Å². The molecule has 0 amide bonds. The van der Waals surface area contributed by atoms with Crippen molar-refractivity contribution < 1.29 is 14.2 Å². The van der Waals surface area contributed by atoms with Crippen LogP contribution in [0.1, 0.15) is 115 Å². The molecule has 5 rings (SSSR count). The molecule has 1 unspecified atom stereocenters. The molecule has 1 aliphatic heterocycles. The number of hydrogen-bond donors (Lipinski definition) is 2. The Labute approximate surface area is 273 Å². The normalized spacial score (nSPS) is 12.9. The summed E-state index contributed by atoms with van der Waals surface area (Å²) in [6.45, 7) is 21.5. The largest absolute Gasteiger partial charge is 0.516 e. The molecule has 1 aliphatic rings. The molecule has 0 saturated heterocycles. The lowest BCUT2D eigenvalue weighted by atomic mass is 9.91. The van der Waals surface area contributed by atoms with Gasteiger partial charge in [0, 0.05) is 28.8 Å². The van der Waals surface area contributed by atoms with Crippen LogP contribution in [0.15, 0.2) is 79.6 Å². The molecular formula is C40H59FN2O2. The maximum Gasteiger partial charge on any atom is 0.123 e. The van der Waals surface area contributed by atoms with Crippen molar-refractivity contribution in [2.24, 2.45) is 0 Å². The number of aromatic amines is 1. The van der Waals surface area contributed by atoms with Crippen LogP contribution in [0.5, 0.6) is 5.75 Å². The van der Waals surface area contributed by atoms with E-state index in [-0.39, 0.29) is 11.9 Å². The van der Waals surface area contributed by atoms with E-state index in [2.05, 4.69) is 94.4 Å². The smallest absolute Gasteiger partial charge is 0.123 e. The highest BCUT2D eigenvalue weighted by molar-refractivity contribution is 5.86. The van der Waals surface area contributed by atoms with Crippen LogP contribution in [0.3, 0.4) is 0 Å². The summed E-state index contributed by atoms with van der Waals surface area (Å²) in [6, 6.07) is 21.9. The summed E-state index contributed by atoms with van der Waals surface area (Å²) >= 11 is 0. The van der Waals surface area contributed by atoms with E-state index in [1.54, 1.807) is 12.1 Å². The second kappa shape index (κ2) is 22.7. The summed E-state index contributed by atoms with van der Waals surface area (Å²) in [7, 11) is 0. The fourth-order valence-electron chi connectivity index (χ4n) is 4.77. The van der Waals surface area contributed by atoms with E-state index in [1.165, 1.54) is 59.0 Å². The minimum atomic E-state index is -0.213. The summed E-state index contributed by atoms with van der Waals surface area (Å²) in [5, 5.41) is 8.64. The zero-order chi connectivity index (χ0) is 33.6. The molecule has 248 valence electrons. The van der Waals surface area contributed by atoms with E-state index in [0.29, 0.717) is 0 Å². The van der Waals surface area contributed by atoms with Gasteiger partial charge in [0.05, 0.1) is 18.9 Å². The third kappa shape index (κ3) is 12.3. The molecule has 4 aromatic rings. The van der Waals surface area contributed by atoms with Crippen molar-refractivity contribution in [1.29, 1.82) is 0 Å². The highest BCUT2D eigenvalue weighted by atomic mass is 19.1. The van der Waals surface area contributed by atoms with Crippen molar-refractivity contribution in [2.75, 3.05) is 18.1 Å². The van der Waals surface area contributed by atoms with Crippen molar-refractivity contribution >= 4 is 16.6 Å². The third-order valence-corrected chi connectivity index (χ3v) is 7.38. The summed E-state index contributed by atoms with van der Waals surface area (Å²) < 4.78 is 19.7. The van der Waals surface area contributed by atoms with E-state index in [4.69, 9.17) is 9.84 Å². The number of H-pyrrole nitrogens is 1. The number of rotatable bonds is 8. The molecule has 0 spiro atoms. The summed E-state index contributed by atoms with van der Waals surface area (Å²) in [5.74, 6) is 0.685. The molecule has 45 heavy (non-hydrogen) atoms. The Hall–Kier alpha value is -3.73. The number of benzene rings is 3. The highest BCUT2D eigenvalue weighted by Gasteiger charge is 2.32. The Morgan fingerprint density at radius 3 is 2.11 bits per heavy atom. The predicted octanol–water partition coefficient (Wildman–Crippen LogP) is 12.3. The average Bonchev–Trinajstić information content (AvgIpc) is 3.44. The van der Waals surface area contributed by atoms with Crippen LogP contribution >= 0.6 is 0 Å². The fraction of sp³-hybridized carbons (Fsp3) is 0.450. The van der Waals surface area contributed by atoms with E-state index < -0.39 is 0 Å². The van der Waals surface area contributed by atoms with Crippen molar-refractivity contribution in [3.63, 3.8) is 0 Å². The number of anilines is 1. The van der Waals surface area contributed by atoms with Crippen LogP contribution in [0.2, 0.25) is 0 Å². The maximum absolute atomic E-state index is 13.6. The van der Waals surface area contributed by atoms with Gasteiger partial charge in [-0.3, -0.25) is 0 Å². The molecule has 0 aliphatic carbocycles. The van der Waals surface area contributed by atoms with E-state index >= 15 is 0 Å². The Morgan fingerprint density at radius 2 is 1.53 bits per heavy atom. The van der Waals surface area contributed by atoms with Gasteiger partial charge in [0.2, 0.25) is 0 Å². The number of nitrogens with zero attached hydrogens (tertiary/aromatic N) is 1. The van der Waals surface area contributed by atoms with Crippen LogP contribution < -0.4 is 9.64 Å². The van der Waals surface area contributed by atoms with Gasteiger partial charge < -0.3 is 19.7 Å². The molecule has 0 bridgehead atoms. The molecule has 2 N–H and O–H groups in total. The van der Waals surface area contributed by atoms with Gasteiger partial charge in [0.1, 0.15) is 11.6 Å². The number of nitrogens with one attached hydrogen (secondary N) is 1. The number of aliphatic hydroxyl groups is 1. The molecule has 0 saturated carbocycles. The predicted molar refractivity (Wildman–Crippen MR) is 195 cm³/mol. The van der Waals surface area contributed by atoms with Crippen LogP contribution in [0.4, 0.5) is 10.1 Å². The highest BCUT2D eigenvalue weighted by Crippen LogP contribution is 2.41. The zero-order valence-corrected chi connectivity index (χ0v) is 29.3. The molecule has 3 aromatic carbocycles. The number of aromatic nitrogens is 1. The lowest BCUT2D eigenvalue weighted by Crippen LogP contribution is -2.36. The van der Waals surface area contributed by atoms with Gasteiger partial charge in [-0.25, -0.2) is 4.39 Å². The lowest BCUT2D eigenvalue weighted by molar-refractivity contribution is 0.309. The average molecular weight is 619 g/mol. The number of ether oxygens (including phenoxy) is 1. The summed E-state index contributed by atoms with van der Waals surface area (Å²) in [6.07, 6.45) is 9.12. The summed E-state index contributed by atoms with van der Waals surface area (Å²) in [5.41, 5.74) is 7.23. The first-order chi connectivity index (χ1) is 21.9. The summed E-state index contributed by atoms with van der Waals surface area (Å²) in [4.78, 5) is 6.09. The standard InChI is InChI=1S/C28H29FN2O.2C4H10.C2H4O.C2H6/c1-3-4-16-32-23-7-5-6-20(18-23)28-27-24(25-17-19(2)8-13-26(25)30-27)14-15-31(28)22-11-9-21(29)10-12-22;2*1-3-4-2;1-2-3;1-2/h5-13,17-18,28,30H,3-4,14-16H2,1-2H3;2*3-4H2,1-2H3;2-3H,1H2;1-2H3. The molecular weight excluding hydrogens is 559 g/mol. The number of aliphatic hydroxyl groups excluding tert-OH is 1. The van der Waals surface area contributed by atoms with E-state index in [9.17, 15) is 4.39 Å². The molecule has 1 atom stereocenters. The quantitative estimate of drug-likeness (QED) is 0.153. The Bertz CT molecular complexity index is 1340. The molecule has 5 heteroatoms. The van der Waals surface area contributed by atoms with Gasteiger partial charge >= 0.3 is 0 Å². The first-order valence-electron chi connectivity index (χ1n) is 17.0. The van der Waals surface area contributed by atoms with Gasteiger partial charge in [0.15, 0.2) is 0 Å². The second-order valence-electron chi connectivity index (χ2n) is 10.8. The fourth-order valence-corrected chi connectivity index (χ4v) is 4.77. The van der Waals surface area contributed by atoms with Crippen LogP contribution in [-0.4, -0.2) is 23.2 Å². The zero-order valence-electron chi connectivity index (χ0n) is 29.3. The van der Waals surface area contributed by atoms with Gasteiger partial charge in [-0.2, -0.15) is 0 Å². The van der Waals surface area contributed by atoms with Crippen LogP contribution in [0, 0.1) is 12.7 Å². The van der Waals surface area contributed by atoms with E-state index in [1.807, 2.05) is 32.0 Å². The van der Waals surface area contributed by atoms with Gasteiger partial charge in [-0.15, -0.1) is 0 Å².